The number of aryl methyl sites for hydroxylation is 1. The highest BCUT2D eigenvalue weighted by Crippen LogP contribution is 2.19. The molecule has 0 fully saturated rings. The molecule has 0 aliphatic carbocycles. The number of nitrogens with zero attached hydrogens (tertiary/aromatic N) is 1. The van der Waals surface area contributed by atoms with Gasteiger partial charge in [-0.15, -0.1) is 0 Å². The van der Waals surface area contributed by atoms with Crippen molar-refractivity contribution in [3.63, 3.8) is 0 Å². The summed E-state index contributed by atoms with van der Waals surface area (Å²) in [5.74, 6) is 0. The average molecular weight is 254 g/mol. The van der Waals surface area contributed by atoms with Gasteiger partial charge in [0.1, 0.15) is 0 Å². The highest BCUT2D eigenvalue weighted by molar-refractivity contribution is 5.46. The van der Waals surface area contributed by atoms with E-state index in [4.69, 9.17) is 5.73 Å². The lowest BCUT2D eigenvalue weighted by Crippen LogP contribution is -2.13. The molecule has 2 rings (SSSR count). The highest BCUT2D eigenvalue weighted by atomic mass is 15.1. The van der Waals surface area contributed by atoms with E-state index >= 15 is 0 Å². The SMILES string of the molecule is Cc1cccc(C(N)Cc2ccc(N(C)C)cc2)c1. The van der Waals surface area contributed by atoms with E-state index in [1.54, 1.807) is 0 Å². The molecule has 0 aromatic heterocycles. The van der Waals surface area contributed by atoms with Gasteiger partial charge in [0, 0.05) is 25.8 Å². The highest BCUT2D eigenvalue weighted by Gasteiger charge is 2.07. The van der Waals surface area contributed by atoms with Crippen LogP contribution >= 0.6 is 0 Å². The van der Waals surface area contributed by atoms with E-state index in [0.717, 1.165) is 6.42 Å². The second kappa shape index (κ2) is 5.89. The third kappa shape index (κ3) is 3.58. The van der Waals surface area contributed by atoms with Gasteiger partial charge < -0.3 is 10.6 Å². The normalized spacial score (nSPS) is 12.2. The molecular formula is C17H22N2. The van der Waals surface area contributed by atoms with Gasteiger partial charge in [-0.3, -0.25) is 0 Å². The maximum absolute atomic E-state index is 6.28. The van der Waals surface area contributed by atoms with Crippen molar-refractivity contribution >= 4 is 5.69 Å². The zero-order valence-electron chi connectivity index (χ0n) is 11.9. The van der Waals surface area contributed by atoms with Crippen LogP contribution in [0.4, 0.5) is 5.69 Å². The van der Waals surface area contributed by atoms with Gasteiger partial charge in [-0.2, -0.15) is 0 Å². The van der Waals surface area contributed by atoms with Gasteiger partial charge in [0.15, 0.2) is 0 Å². The van der Waals surface area contributed by atoms with Crippen LogP contribution in [-0.4, -0.2) is 14.1 Å². The predicted molar refractivity (Wildman–Crippen MR) is 82.6 cm³/mol. The van der Waals surface area contributed by atoms with Crippen molar-refractivity contribution < 1.29 is 0 Å². The third-order valence-corrected chi connectivity index (χ3v) is 3.38. The molecule has 0 aliphatic rings. The fourth-order valence-corrected chi connectivity index (χ4v) is 2.20. The first kappa shape index (κ1) is 13.6. The summed E-state index contributed by atoms with van der Waals surface area (Å²) in [5, 5.41) is 0. The van der Waals surface area contributed by atoms with Crippen molar-refractivity contribution in [3.05, 3.63) is 65.2 Å². The molecule has 0 spiro atoms. The maximum Gasteiger partial charge on any atom is 0.0361 e. The van der Waals surface area contributed by atoms with E-state index in [1.807, 2.05) is 14.1 Å². The van der Waals surface area contributed by atoms with Crippen LogP contribution in [-0.2, 0) is 6.42 Å². The average Bonchev–Trinajstić information content (AvgIpc) is 2.39. The molecule has 0 aliphatic heterocycles. The fourth-order valence-electron chi connectivity index (χ4n) is 2.20. The molecule has 2 heteroatoms. The summed E-state index contributed by atoms with van der Waals surface area (Å²) < 4.78 is 0. The minimum absolute atomic E-state index is 0.0603. The monoisotopic (exact) mass is 254 g/mol. The smallest absolute Gasteiger partial charge is 0.0361 e. The molecule has 2 N–H and O–H groups in total. The Morgan fingerprint density at radius 1 is 1.05 bits per heavy atom. The van der Waals surface area contributed by atoms with Crippen LogP contribution in [0.5, 0.6) is 0 Å². The number of rotatable bonds is 4. The number of benzene rings is 2. The Morgan fingerprint density at radius 3 is 2.32 bits per heavy atom. The first-order valence-corrected chi connectivity index (χ1v) is 6.64. The number of anilines is 1. The predicted octanol–water partition coefficient (Wildman–Crippen LogP) is 3.30. The lowest BCUT2D eigenvalue weighted by atomic mass is 9.98. The second-order valence-electron chi connectivity index (χ2n) is 5.29. The number of hydrogen-bond donors (Lipinski definition) is 1. The van der Waals surface area contributed by atoms with Crippen LogP contribution in [0, 0.1) is 6.92 Å². The summed E-state index contributed by atoms with van der Waals surface area (Å²) in [7, 11) is 4.10. The Kier molecular flexibility index (Phi) is 4.23. The zero-order valence-corrected chi connectivity index (χ0v) is 11.9. The first-order valence-electron chi connectivity index (χ1n) is 6.64. The fraction of sp³-hybridized carbons (Fsp3) is 0.294. The molecule has 0 saturated carbocycles. The summed E-state index contributed by atoms with van der Waals surface area (Å²) in [6.07, 6.45) is 0.872. The van der Waals surface area contributed by atoms with Crippen molar-refractivity contribution in [2.75, 3.05) is 19.0 Å². The Hall–Kier alpha value is -1.80. The molecule has 2 aromatic rings. The summed E-state index contributed by atoms with van der Waals surface area (Å²) in [5.41, 5.74) is 11.2. The Balaban J connectivity index is 2.08. The summed E-state index contributed by atoms with van der Waals surface area (Å²) in [6.45, 7) is 2.10. The van der Waals surface area contributed by atoms with Gasteiger partial charge in [-0.25, -0.2) is 0 Å². The van der Waals surface area contributed by atoms with Crippen LogP contribution in [0.3, 0.4) is 0 Å². The van der Waals surface area contributed by atoms with Gasteiger partial charge in [-0.1, -0.05) is 42.0 Å². The molecule has 1 atom stereocenters. The summed E-state index contributed by atoms with van der Waals surface area (Å²) in [6, 6.07) is 17.1. The van der Waals surface area contributed by atoms with Crippen LogP contribution in [0.1, 0.15) is 22.7 Å². The van der Waals surface area contributed by atoms with Crippen LogP contribution in [0.15, 0.2) is 48.5 Å². The van der Waals surface area contributed by atoms with E-state index in [-0.39, 0.29) is 6.04 Å². The molecule has 0 bridgehead atoms. The van der Waals surface area contributed by atoms with Crippen LogP contribution < -0.4 is 10.6 Å². The molecular weight excluding hydrogens is 232 g/mol. The van der Waals surface area contributed by atoms with Crippen molar-refractivity contribution in [2.45, 2.75) is 19.4 Å². The van der Waals surface area contributed by atoms with Crippen molar-refractivity contribution in [1.29, 1.82) is 0 Å². The van der Waals surface area contributed by atoms with Gasteiger partial charge in [0.05, 0.1) is 0 Å². The molecule has 2 aromatic carbocycles. The summed E-state index contributed by atoms with van der Waals surface area (Å²) >= 11 is 0. The maximum atomic E-state index is 6.28. The van der Waals surface area contributed by atoms with Gasteiger partial charge in [0.25, 0.3) is 0 Å². The molecule has 0 amide bonds. The van der Waals surface area contributed by atoms with Gasteiger partial charge in [-0.05, 0) is 36.6 Å². The molecule has 1 unspecified atom stereocenters. The molecule has 0 saturated heterocycles. The van der Waals surface area contributed by atoms with Gasteiger partial charge >= 0.3 is 0 Å². The Morgan fingerprint density at radius 2 is 1.74 bits per heavy atom. The van der Waals surface area contributed by atoms with E-state index in [0.29, 0.717) is 0 Å². The summed E-state index contributed by atoms with van der Waals surface area (Å²) in [4.78, 5) is 2.10. The Labute approximate surface area is 115 Å². The number of nitrogens with two attached hydrogens (primary N) is 1. The van der Waals surface area contributed by atoms with E-state index in [9.17, 15) is 0 Å². The van der Waals surface area contributed by atoms with E-state index < -0.39 is 0 Å². The standard InChI is InChI=1S/C17H22N2/c1-13-5-4-6-15(11-13)17(18)12-14-7-9-16(10-8-14)19(2)3/h4-11,17H,12,18H2,1-3H3. The first-order chi connectivity index (χ1) is 9.06. The molecule has 0 radical (unpaired) electrons. The largest absolute Gasteiger partial charge is 0.378 e. The lowest BCUT2D eigenvalue weighted by Gasteiger charge is -2.15. The van der Waals surface area contributed by atoms with Crippen molar-refractivity contribution in [2.24, 2.45) is 5.73 Å². The molecule has 100 valence electrons. The molecule has 0 heterocycles. The minimum atomic E-state index is 0.0603. The van der Waals surface area contributed by atoms with Crippen LogP contribution in [0.25, 0.3) is 0 Å². The van der Waals surface area contributed by atoms with Crippen LogP contribution in [0.2, 0.25) is 0 Å². The third-order valence-electron chi connectivity index (χ3n) is 3.38. The quantitative estimate of drug-likeness (QED) is 0.907. The van der Waals surface area contributed by atoms with Crippen molar-refractivity contribution in [1.82, 2.24) is 0 Å². The minimum Gasteiger partial charge on any atom is -0.378 e. The molecule has 19 heavy (non-hydrogen) atoms. The van der Waals surface area contributed by atoms with E-state index in [2.05, 4.69) is 60.4 Å². The second-order valence-corrected chi connectivity index (χ2v) is 5.29. The lowest BCUT2D eigenvalue weighted by molar-refractivity contribution is 0.721. The zero-order chi connectivity index (χ0) is 13.8. The Bertz CT molecular complexity index is 529. The van der Waals surface area contributed by atoms with Crippen molar-refractivity contribution in [3.8, 4) is 0 Å². The van der Waals surface area contributed by atoms with E-state index in [1.165, 1.54) is 22.4 Å². The topological polar surface area (TPSA) is 29.3 Å². The van der Waals surface area contributed by atoms with Gasteiger partial charge in [0.2, 0.25) is 0 Å². The molecule has 2 nitrogen and oxygen atoms in total. The number of hydrogen-bond acceptors (Lipinski definition) is 2.